The molecule has 1 aromatic carbocycles. The number of benzene rings is 1. The van der Waals surface area contributed by atoms with Gasteiger partial charge in [-0.15, -0.1) is 10.2 Å². The van der Waals surface area contributed by atoms with Crippen LogP contribution in [-0.2, 0) is 16.6 Å². The van der Waals surface area contributed by atoms with E-state index < -0.39 is 14.9 Å². The zero-order chi connectivity index (χ0) is 21.6. The molecule has 0 spiro atoms. The third-order valence-electron chi connectivity index (χ3n) is 5.88. The Labute approximate surface area is 175 Å². The summed E-state index contributed by atoms with van der Waals surface area (Å²) in [5.74, 6) is 1.91. The van der Waals surface area contributed by atoms with Gasteiger partial charge in [0.25, 0.3) is 5.69 Å². The van der Waals surface area contributed by atoms with Gasteiger partial charge in [0, 0.05) is 44.2 Å². The summed E-state index contributed by atoms with van der Waals surface area (Å²) in [5, 5.41) is 20.0. The van der Waals surface area contributed by atoms with E-state index in [4.69, 9.17) is 0 Å². The molecule has 0 saturated carbocycles. The number of nitro benzene ring substituents is 1. The Morgan fingerprint density at radius 3 is 2.47 bits per heavy atom. The van der Waals surface area contributed by atoms with Crippen molar-refractivity contribution in [3.63, 3.8) is 0 Å². The van der Waals surface area contributed by atoms with Crippen molar-refractivity contribution in [1.82, 2.24) is 19.1 Å². The molecule has 1 saturated heterocycles. The van der Waals surface area contributed by atoms with Gasteiger partial charge in [0.05, 0.1) is 16.7 Å². The summed E-state index contributed by atoms with van der Waals surface area (Å²) in [7, 11) is -3.84. The van der Waals surface area contributed by atoms with Crippen LogP contribution in [-0.4, -0.2) is 52.0 Å². The van der Waals surface area contributed by atoms with Gasteiger partial charge < -0.3 is 9.47 Å². The smallest absolute Gasteiger partial charge is 0.270 e. The fraction of sp³-hybridized carbons (Fsp3) is 0.579. The van der Waals surface area contributed by atoms with Crippen LogP contribution in [0.1, 0.15) is 57.2 Å². The lowest BCUT2D eigenvalue weighted by Crippen LogP contribution is -2.39. The third-order valence-corrected chi connectivity index (χ3v) is 7.80. The van der Waals surface area contributed by atoms with Crippen LogP contribution >= 0.6 is 0 Å². The molecule has 11 heteroatoms. The molecule has 1 atom stereocenters. The SMILES string of the molecule is CC(C)c1nnc2n1CCN(c1ccc([N+](=O)[O-])cc1S(=O)(=O)N1CCCC1)C2C. The Hall–Kier alpha value is -2.53. The molecule has 162 valence electrons. The normalized spacial score (nSPS) is 20.0. The number of fused-ring (bicyclic) bond motifs is 1. The second-order valence-corrected chi connectivity index (χ2v) is 10.0. The molecule has 0 radical (unpaired) electrons. The number of non-ortho nitro benzene ring substituents is 1. The summed E-state index contributed by atoms with van der Waals surface area (Å²) in [4.78, 5) is 12.7. The van der Waals surface area contributed by atoms with Crippen molar-refractivity contribution in [1.29, 1.82) is 0 Å². The highest BCUT2D eigenvalue weighted by Gasteiger charge is 2.36. The molecule has 1 aromatic heterocycles. The molecule has 3 heterocycles. The van der Waals surface area contributed by atoms with E-state index in [0.29, 0.717) is 31.9 Å². The first-order chi connectivity index (χ1) is 14.2. The van der Waals surface area contributed by atoms with Crippen LogP contribution < -0.4 is 4.90 Å². The summed E-state index contributed by atoms with van der Waals surface area (Å²) >= 11 is 0. The summed E-state index contributed by atoms with van der Waals surface area (Å²) in [6.45, 7) is 8.14. The van der Waals surface area contributed by atoms with E-state index in [1.54, 1.807) is 6.07 Å². The highest BCUT2D eigenvalue weighted by Crippen LogP contribution is 2.38. The van der Waals surface area contributed by atoms with Crippen molar-refractivity contribution in [3.8, 4) is 0 Å². The number of hydrogen-bond acceptors (Lipinski definition) is 7. The maximum atomic E-state index is 13.4. The summed E-state index contributed by atoms with van der Waals surface area (Å²) in [6.07, 6.45) is 1.59. The molecule has 0 N–H and O–H groups in total. The predicted octanol–water partition coefficient (Wildman–Crippen LogP) is 2.68. The second kappa shape index (κ2) is 7.62. The Bertz CT molecular complexity index is 1070. The molecular weight excluding hydrogens is 408 g/mol. The van der Waals surface area contributed by atoms with Gasteiger partial charge in [-0.25, -0.2) is 8.42 Å². The van der Waals surface area contributed by atoms with Crippen LogP contribution in [0.4, 0.5) is 11.4 Å². The summed E-state index contributed by atoms with van der Waals surface area (Å²) < 4.78 is 30.2. The quantitative estimate of drug-likeness (QED) is 0.525. The first-order valence-corrected chi connectivity index (χ1v) is 11.6. The van der Waals surface area contributed by atoms with Crippen molar-refractivity contribution in [2.45, 2.75) is 57.0 Å². The molecule has 0 aliphatic carbocycles. The van der Waals surface area contributed by atoms with Crippen molar-refractivity contribution in [2.75, 3.05) is 24.5 Å². The number of hydrogen-bond donors (Lipinski definition) is 0. The molecule has 2 aliphatic heterocycles. The van der Waals surface area contributed by atoms with Crippen LogP contribution in [0.2, 0.25) is 0 Å². The van der Waals surface area contributed by atoms with Gasteiger partial charge in [-0.2, -0.15) is 4.31 Å². The number of nitrogens with zero attached hydrogens (tertiary/aromatic N) is 6. The van der Waals surface area contributed by atoms with E-state index in [-0.39, 0.29) is 22.5 Å². The van der Waals surface area contributed by atoms with Crippen LogP contribution in [0.5, 0.6) is 0 Å². The average molecular weight is 435 g/mol. The van der Waals surface area contributed by atoms with E-state index in [1.807, 2.05) is 11.8 Å². The molecule has 10 nitrogen and oxygen atoms in total. The predicted molar refractivity (Wildman–Crippen MR) is 111 cm³/mol. The van der Waals surface area contributed by atoms with E-state index >= 15 is 0 Å². The maximum Gasteiger partial charge on any atom is 0.270 e. The van der Waals surface area contributed by atoms with E-state index in [1.165, 1.54) is 16.4 Å². The minimum absolute atomic E-state index is 0.0116. The number of rotatable bonds is 5. The molecular formula is C19H26N6O4S. The third kappa shape index (κ3) is 3.35. The largest absolute Gasteiger partial charge is 0.359 e. The highest BCUT2D eigenvalue weighted by atomic mass is 32.2. The van der Waals surface area contributed by atoms with Crippen molar-refractivity contribution < 1.29 is 13.3 Å². The fourth-order valence-electron chi connectivity index (χ4n) is 4.29. The Morgan fingerprint density at radius 2 is 1.83 bits per heavy atom. The minimum Gasteiger partial charge on any atom is -0.359 e. The Morgan fingerprint density at radius 1 is 1.13 bits per heavy atom. The van der Waals surface area contributed by atoms with E-state index in [9.17, 15) is 18.5 Å². The highest BCUT2D eigenvalue weighted by molar-refractivity contribution is 7.89. The van der Waals surface area contributed by atoms with Crippen molar-refractivity contribution >= 4 is 21.4 Å². The Kier molecular flexibility index (Phi) is 5.27. The minimum atomic E-state index is -3.84. The first kappa shape index (κ1) is 20.7. The van der Waals surface area contributed by atoms with Gasteiger partial charge >= 0.3 is 0 Å². The number of nitro groups is 1. The van der Waals surface area contributed by atoms with Gasteiger partial charge in [0.1, 0.15) is 10.7 Å². The topological polar surface area (TPSA) is 114 Å². The number of sulfonamides is 1. The van der Waals surface area contributed by atoms with Gasteiger partial charge in [-0.1, -0.05) is 13.8 Å². The second-order valence-electron chi connectivity index (χ2n) is 8.11. The van der Waals surface area contributed by atoms with Gasteiger partial charge in [-0.3, -0.25) is 10.1 Å². The van der Waals surface area contributed by atoms with Gasteiger partial charge in [0.15, 0.2) is 5.82 Å². The van der Waals surface area contributed by atoms with Crippen molar-refractivity contribution in [2.24, 2.45) is 0 Å². The zero-order valence-electron chi connectivity index (χ0n) is 17.4. The molecule has 30 heavy (non-hydrogen) atoms. The number of aromatic nitrogens is 3. The van der Waals surface area contributed by atoms with Gasteiger partial charge in [0.2, 0.25) is 10.0 Å². The standard InChI is InChI=1S/C19H26N6O4S/c1-13(2)18-20-21-19-14(3)23(10-11-24(18)19)16-7-6-15(25(26)27)12-17(16)30(28,29)22-8-4-5-9-22/h6-7,12-14H,4-5,8-11H2,1-3H3. The number of anilines is 1. The molecule has 4 rings (SSSR count). The average Bonchev–Trinajstić information content (AvgIpc) is 3.38. The van der Waals surface area contributed by atoms with Crippen LogP contribution in [0.3, 0.4) is 0 Å². The summed E-state index contributed by atoms with van der Waals surface area (Å²) in [5.41, 5.74) is 0.242. The zero-order valence-corrected chi connectivity index (χ0v) is 18.2. The van der Waals surface area contributed by atoms with Crippen LogP contribution in [0.25, 0.3) is 0 Å². The maximum absolute atomic E-state index is 13.4. The van der Waals surface area contributed by atoms with Crippen LogP contribution in [0.15, 0.2) is 23.1 Å². The summed E-state index contributed by atoms with van der Waals surface area (Å²) in [6, 6.07) is 3.89. The van der Waals surface area contributed by atoms with Crippen molar-refractivity contribution in [3.05, 3.63) is 40.0 Å². The molecule has 2 aromatic rings. The van der Waals surface area contributed by atoms with E-state index in [2.05, 4.69) is 28.6 Å². The molecule has 0 amide bonds. The molecule has 1 unspecified atom stereocenters. The molecule has 1 fully saturated rings. The lowest BCUT2D eigenvalue weighted by Gasteiger charge is -2.37. The lowest BCUT2D eigenvalue weighted by molar-refractivity contribution is -0.385. The lowest BCUT2D eigenvalue weighted by atomic mass is 10.1. The fourth-order valence-corrected chi connectivity index (χ4v) is 6.03. The van der Waals surface area contributed by atoms with Crippen LogP contribution in [0, 0.1) is 10.1 Å². The monoisotopic (exact) mass is 434 g/mol. The molecule has 0 bridgehead atoms. The first-order valence-electron chi connectivity index (χ1n) is 10.2. The Balaban J connectivity index is 1.79. The van der Waals surface area contributed by atoms with E-state index in [0.717, 1.165) is 24.5 Å². The van der Waals surface area contributed by atoms with Gasteiger partial charge in [-0.05, 0) is 25.8 Å². The molecule has 2 aliphatic rings.